The highest BCUT2D eigenvalue weighted by Crippen LogP contribution is 2.48. The standard InChI is InChI=1S/C23H21ClO2/c24-20-11-9-19(10-12-20)23(13-14-23)17-25-16-18-5-4-8-22(15-18)26-21-6-2-1-3-7-21/h1-12,15H,13-14,16-17H2. The molecular formula is C23H21ClO2. The highest BCUT2D eigenvalue weighted by Gasteiger charge is 2.44. The Morgan fingerprint density at radius 2 is 1.54 bits per heavy atom. The molecule has 0 spiro atoms. The minimum Gasteiger partial charge on any atom is -0.457 e. The zero-order chi connectivity index (χ0) is 17.8. The molecule has 1 aliphatic rings. The molecule has 132 valence electrons. The average Bonchev–Trinajstić information content (AvgIpc) is 3.44. The number of rotatable bonds is 7. The summed E-state index contributed by atoms with van der Waals surface area (Å²) >= 11 is 6.00. The molecule has 0 aromatic heterocycles. The molecule has 1 saturated carbocycles. The predicted octanol–water partition coefficient (Wildman–Crippen LogP) is 6.38. The molecule has 0 unspecified atom stereocenters. The SMILES string of the molecule is Clc1ccc(C2(COCc3cccc(Oc4ccccc4)c3)CC2)cc1. The van der Waals surface area contributed by atoms with Crippen molar-refractivity contribution in [2.75, 3.05) is 6.61 Å². The van der Waals surface area contributed by atoms with Crippen LogP contribution in [0.25, 0.3) is 0 Å². The average molecular weight is 365 g/mol. The van der Waals surface area contributed by atoms with Gasteiger partial charge in [-0.1, -0.05) is 54.1 Å². The summed E-state index contributed by atoms with van der Waals surface area (Å²) in [6, 6.07) is 26.0. The molecular weight excluding hydrogens is 344 g/mol. The van der Waals surface area contributed by atoms with Crippen LogP contribution in [0.5, 0.6) is 11.5 Å². The molecule has 3 aromatic carbocycles. The van der Waals surface area contributed by atoms with Crippen LogP contribution in [0.2, 0.25) is 5.02 Å². The van der Waals surface area contributed by atoms with Crippen LogP contribution >= 0.6 is 11.6 Å². The summed E-state index contributed by atoms with van der Waals surface area (Å²) in [6.07, 6.45) is 2.34. The predicted molar refractivity (Wildman–Crippen MR) is 105 cm³/mol. The first kappa shape index (κ1) is 17.1. The number of ether oxygens (including phenoxy) is 2. The highest BCUT2D eigenvalue weighted by molar-refractivity contribution is 6.30. The van der Waals surface area contributed by atoms with E-state index in [2.05, 4.69) is 18.2 Å². The third-order valence-corrected chi connectivity index (χ3v) is 5.09. The molecule has 26 heavy (non-hydrogen) atoms. The molecule has 0 amide bonds. The van der Waals surface area contributed by atoms with Gasteiger partial charge in [0.25, 0.3) is 0 Å². The van der Waals surface area contributed by atoms with Crippen LogP contribution in [0.3, 0.4) is 0 Å². The molecule has 0 heterocycles. The van der Waals surface area contributed by atoms with Gasteiger partial charge in [0.15, 0.2) is 0 Å². The quantitative estimate of drug-likeness (QED) is 0.484. The van der Waals surface area contributed by atoms with E-state index in [1.165, 1.54) is 18.4 Å². The van der Waals surface area contributed by atoms with Crippen molar-refractivity contribution >= 4 is 11.6 Å². The Hall–Kier alpha value is -2.29. The Kier molecular flexibility index (Phi) is 4.96. The molecule has 0 atom stereocenters. The van der Waals surface area contributed by atoms with Gasteiger partial charge < -0.3 is 9.47 Å². The fourth-order valence-corrected chi connectivity index (χ4v) is 3.28. The molecule has 0 N–H and O–H groups in total. The minimum absolute atomic E-state index is 0.169. The van der Waals surface area contributed by atoms with Crippen molar-refractivity contribution in [3.63, 3.8) is 0 Å². The first-order chi connectivity index (χ1) is 12.7. The van der Waals surface area contributed by atoms with Gasteiger partial charge in [-0.2, -0.15) is 0 Å². The Balaban J connectivity index is 1.35. The van der Waals surface area contributed by atoms with Crippen LogP contribution in [-0.4, -0.2) is 6.61 Å². The summed E-state index contributed by atoms with van der Waals surface area (Å²) in [5.41, 5.74) is 2.61. The molecule has 0 aliphatic heterocycles. The second-order valence-electron chi connectivity index (χ2n) is 6.84. The van der Waals surface area contributed by atoms with Gasteiger partial charge in [0.05, 0.1) is 13.2 Å². The van der Waals surface area contributed by atoms with E-state index in [0.29, 0.717) is 6.61 Å². The van der Waals surface area contributed by atoms with Crippen LogP contribution < -0.4 is 4.74 Å². The van der Waals surface area contributed by atoms with Gasteiger partial charge in [0, 0.05) is 10.4 Å². The summed E-state index contributed by atoms with van der Waals surface area (Å²) in [6.45, 7) is 1.32. The first-order valence-electron chi connectivity index (χ1n) is 8.89. The maximum Gasteiger partial charge on any atom is 0.127 e. The summed E-state index contributed by atoms with van der Waals surface area (Å²) in [7, 11) is 0. The van der Waals surface area contributed by atoms with E-state index in [0.717, 1.165) is 28.7 Å². The molecule has 3 aromatic rings. The van der Waals surface area contributed by atoms with Gasteiger partial charge in [0.2, 0.25) is 0 Å². The topological polar surface area (TPSA) is 18.5 Å². The normalized spacial score (nSPS) is 14.8. The largest absolute Gasteiger partial charge is 0.457 e. The van der Waals surface area contributed by atoms with Crippen molar-refractivity contribution in [2.45, 2.75) is 24.9 Å². The Morgan fingerprint density at radius 1 is 0.808 bits per heavy atom. The third kappa shape index (κ3) is 4.09. The molecule has 1 aliphatic carbocycles. The molecule has 4 rings (SSSR count). The van der Waals surface area contributed by atoms with Gasteiger partial charge in [-0.15, -0.1) is 0 Å². The smallest absolute Gasteiger partial charge is 0.127 e. The van der Waals surface area contributed by atoms with E-state index in [1.54, 1.807) is 0 Å². The van der Waals surface area contributed by atoms with Crippen LogP contribution in [0.15, 0.2) is 78.9 Å². The van der Waals surface area contributed by atoms with Gasteiger partial charge >= 0.3 is 0 Å². The van der Waals surface area contributed by atoms with Crippen molar-refractivity contribution in [1.82, 2.24) is 0 Å². The van der Waals surface area contributed by atoms with Crippen molar-refractivity contribution in [3.8, 4) is 11.5 Å². The summed E-state index contributed by atoms with van der Waals surface area (Å²) in [5, 5.41) is 0.778. The summed E-state index contributed by atoms with van der Waals surface area (Å²) in [4.78, 5) is 0. The second kappa shape index (κ2) is 7.53. The zero-order valence-corrected chi connectivity index (χ0v) is 15.3. The number of para-hydroxylation sites is 1. The van der Waals surface area contributed by atoms with Gasteiger partial charge in [-0.05, 0) is 60.4 Å². The van der Waals surface area contributed by atoms with E-state index in [-0.39, 0.29) is 5.41 Å². The summed E-state index contributed by atoms with van der Waals surface area (Å²) < 4.78 is 11.9. The van der Waals surface area contributed by atoms with E-state index < -0.39 is 0 Å². The van der Waals surface area contributed by atoms with E-state index in [4.69, 9.17) is 21.1 Å². The van der Waals surface area contributed by atoms with Crippen molar-refractivity contribution in [2.24, 2.45) is 0 Å². The van der Waals surface area contributed by atoms with Crippen LogP contribution in [0.1, 0.15) is 24.0 Å². The van der Waals surface area contributed by atoms with Crippen LogP contribution in [-0.2, 0) is 16.8 Å². The lowest BCUT2D eigenvalue weighted by atomic mass is 9.97. The van der Waals surface area contributed by atoms with E-state index in [1.807, 2.05) is 60.7 Å². The molecule has 0 radical (unpaired) electrons. The monoisotopic (exact) mass is 364 g/mol. The first-order valence-corrected chi connectivity index (χ1v) is 9.27. The Morgan fingerprint density at radius 3 is 2.27 bits per heavy atom. The maximum atomic E-state index is 6.05. The fourth-order valence-electron chi connectivity index (χ4n) is 3.16. The van der Waals surface area contributed by atoms with Crippen molar-refractivity contribution in [3.05, 3.63) is 95.0 Å². The number of hydrogen-bond donors (Lipinski definition) is 0. The Labute approximate surface area is 159 Å². The zero-order valence-electron chi connectivity index (χ0n) is 14.5. The lowest BCUT2D eigenvalue weighted by Gasteiger charge is -2.16. The summed E-state index contributed by atoms with van der Waals surface area (Å²) in [5.74, 6) is 1.67. The Bertz CT molecular complexity index is 855. The number of hydrogen-bond acceptors (Lipinski definition) is 2. The molecule has 3 heteroatoms. The third-order valence-electron chi connectivity index (χ3n) is 4.83. The van der Waals surface area contributed by atoms with Crippen LogP contribution in [0, 0.1) is 0 Å². The van der Waals surface area contributed by atoms with E-state index >= 15 is 0 Å². The molecule has 1 fully saturated rings. The molecule has 2 nitrogen and oxygen atoms in total. The highest BCUT2D eigenvalue weighted by atomic mass is 35.5. The van der Waals surface area contributed by atoms with E-state index in [9.17, 15) is 0 Å². The fraction of sp³-hybridized carbons (Fsp3) is 0.217. The lowest BCUT2D eigenvalue weighted by Crippen LogP contribution is -2.15. The molecule has 0 bridgehead atoms. The van der Waals surface area contributed by atoms with Gasteiger partial charge in [-0.3, -0.25) is 0 Å². The van der Waals surface area contributed by atoms with Crippen molar-refractivity contribution in [1.29, 1.82) is 0 Å². The lowest BCUT2D eigenvalue weighted by molar-refractivity contribution is 0.100. The minimum atomic E-state index is 0.169. The number of benzene rings is 3. The van der Waals surface area contributed by atoms with Gasteiger partial charge in [0.1, 0.15) is 11.5 Å². The van der Waals surface area contributed by atoms with Gasteiger partial charge in [-0.25, -0.2) is 0 Å². The van der Waals surface area contributed by atoms with Crippen LogP contribution in [0.4, 0.5) is 0 Å². The number of halogens is 1. The maximum absolute atomic E-state index is 6.05. The van der Waals surface area contributed by atoms with Crippen molar-refractivity contribution < 1.29 is 9.47 Å². The molecule has 0 saturated heterocycles. The second-order valence-corrected chi connectivity index (χ2v) is 7.28.